The fourth-order valence-corrected chi connectivity index (χ4v) is 4.73. The molecular formula is C28H31N3O6. The zero-order chi connectivity index (χ0) is 26.5. The van der Waals surface area contributed by atoms with Crippen LogP contribution in [0.15, 0.2) is 42.5 Å². The van der Waals surface area contributed by atoms with Crippen molar-refractivity contribution < 1.29 is 28.6 Å². The van der Waals surface area contributed by atoms with E-state index in [1.54, 1.807) is 21.1 Å². The first-order chi connectivity index (χ1) is 17.9. The molecule has 9 heteroatoms. The quantitative estimate of drug-likeness (QED) is 0.446. The van der Waals surface area contributed by atoms with Gasteiger partial charge in [-0.3, -0.25) is 15.1 Å². The van der Waals surface area contributed by atoms with Crippen LogP contribution in [-0.4, -0.2) is 49.8 Å². The van der Waals surface area contributed by atoms with Crippen molar-refractivity contribution in [2.45, 2.75) is 45.1 Å². The first kappa shape index (κ1) is 25.9. The molecule has 0 bridgehead atoms. The molecule has 1 aromatic heterocycles. The van der Waals surface area contributed by atoms with Crippen LogP contribution in [0.25, 0.3) is 10.9 Å². The molecular weight excluding hydrogens is 474 g/mol. The van der Waals surface area contributed by atoms with E-state index in [1.165, 1.54) is 6.92 Å². The minimum absolute atomic E-state index is 0.0997. The van der Waals surface area contributed by atoms with E-state index in [0.717, 1.165) is 29.7 Å². The molecule has 0 saturated heterocycles. The number of urea groups is 1. The lowest BCUT2D eigenvalue weighted by atomic mass is 9.95. The van der Waals surface area contributed by atoms with Gasteiger partial charge in [-0.05, 0) is 62.4 Å². The number of para-hydroxylation sites is 1. The topological polar surface area (TPSA) is 116 Å². The maximum atomic E-state index is 13.4. The van der Waals surface area contributed by atoms with Crippen molar-refractivity contribution in [3.8, 4) is 11.5 Å². The second-order valence-electron chi connectivity index (χ2n) is 8.89. The number of esters is 1. The lowest BCUT2D eigenvalue weighted by Crippen LogP contribution is -2.44. The van der Waals surface area contributed by atoms with Gasteiger partial charge in [0.25, 0.3) is 5.91 Å². The summed E-state index contributed by atoms with van der Waals surface area (Å²) in [6, 6.07) is 12.6. The van der Waals surface area contributed by atoms with E-state index in [0.29, 0.717) is 40.9 Å². The molecule has 1 aliphatic rings. The number of fused-ring (bicyclic) bond motifs is 2. The number of rotatable bonds is 8. The molecule has 1 aliphatic carbocycles. The van der Waals surface area contributed by atoms with Gasteiger partial charge in [0.2, 0.25) is 0 Å². The first-order valence-corrected chi connectivity index (χ1v) is 12.3. The second kappa shape index (κ2) is 11.3. The SMILES string of the molecule is CCNC(=O)NC(=O)C(C)OC(=O)c1c2c(nc3ccccc13)C(Cc1ccc(OC)c(OC)c1)CC2. The summed E-state index contributed by atoms with van der Waals surface area (Å²) in [5, 5.41) is 5.33. The Morgan fingerprint density at radius 3 is 2.57 bits per heavy atom. The number of pyridine rings is 1. The maximum absolute atomic E-state index is 13.4. The molecule has 9 nitrogen and oxygen atoms in total. The molecule has 2 aromatic carbocycles. The van der Waals surface area contributed by atoms with Crippen LogP contribution in [0.1, 0.15) is 53.4 Å². The van der Waals surface area contributed by atoms with Gasteiger partial charge in [-0.25, -0.2) is 9.59 Å². The first-order valence-electron chi connectivity index (χ1n) is 12.3. The Kier molecular flexibility index (Phi) is 7.91. The number of nitrogens with zero attached hydrogens (tertiary/aromatic N) is 1. The highest BCUT2D eigenvalue weighted by molar-refractivity contribution is 6.06. The van der Waals surface area contributed by atoms with Crippen LogP contribution < -0.4 is 20.1 Å². The Morgan fingerprint density at radius 2 is 1.84 bits per heavy atom. The number of benzene rings is 2. The summed E-state index contributed by atoms with van der Waals surface area (Å²) in [6.45, 7) is 3.55. The van der Waals surface area contributed by atoms with Gasteiger partial charge in [-0.1, -0.05) is 24.3 Å². The molecule has 0 aliphatic heterocycles. The number of carbonyl (C=O) groups excluding carboxylic acids is 3. The molecule has 0 radical (unpaired) electrons. The smallest absolute Gasteiger partial charge is 0.339 e. The van der Waals surface area contributed by atoms with E-state index in [-0.39, 0.29) is 5.92 Å². The van der Waals surface area contributed by atoms with Gasteiger partial charge in [0.15, 0.2) is 17.6 Å². The minimum atomic E-state index is -1.15. The van der Waals surface area contributed by atoms with Gasteiger partial charge in [-0.15, -0.1) is 0 Å². The van der Waals surface area contributed by atoms with Crippen LogP contribution in [0.5, 0.6) is 11.5 Å². The van der Waals surface area contributed by atoms with Crippen molar-refractivity contribution in [2.24, 2.45) is 0 Å². The third kappa shape index (κ3) is 5.50. The predicted octanol–water partition coefficient (Wildman–Crippen LogP) is 3.92. The number of amides is 3. The fraction of sp³-hybridized carbons (Fsp3) is 0.357. The van der Waals surface area contributed by atoms with Crippen molar-refractivity contribution in [1.82, 2.24) is 15.6 Å². The number of methoxy groups -OCH3 is 2. The lowest BCUT2D eigenvalue weighted by molar-refractivity contribution is -0.127. The van der Waals surface area contributed by atoms with Gasteiger partial charge in [0.05, 0.1) is 25.3 Å². The Bertz CT molecular complexity index is 1340. The highest BCUT2D eigenvalue weighted by atomic mass is 16.5. The summed E-state index contributed by atoms with van der Waals surface area (Å²) in [7, 11) is 3.21. The van der Waals surface area contributed by atoms with Crippen LogP contribution in [0, 0.1) is 0 Å². The number of hydrogen-bond acceptors (Lipinski definition) is 7. The average Bonchev–Trinajstić information content (AvgIpc) is 3.28. The van der Waals surface area contributed by atoms with Gasteiger partial charge < -0.3 is 19.5 Å². The Labute approximate surface area is 215 Å². The van der Waals surface area contributed by atoms with Crippen LogP contribution >= 0.6 is 0 Å². The van der Waals surface area contributed by atoms with Crippen molar-refractivity contribution in [3.63, 3.8) is 0 Å². The number of aromatic nitrogens is 1. The number of nitrogens with one attached hydrogen (secondary N) is 2. The maximum Gasteiger partial charge on any atom is 0.339 e. The number of carbonyl (C=O) groups is 3. The molecule has 3 amide bonds. The van der Waals surface area contributed by atoms with E-state index in [2.05, 4.69) is 10.6 Å². The van der Waals surface area contributed by atoms with E-state index in [4.69, 9.17) is 19.2 Å². The number of hydrogen-bond donors (Lipinski definition) is 2. The highest BCUT2D eigenvalue weighted by Crippen LogP contribution is 2.40. The molecule has 3 aromatic rings. The van der Waals surface area contributed by atoms with Gasteiger partial charge in [0, 0.05) is 23.5 Å². The van der Waals surface area contributed by atoms with E-state index >= 15 is 0 Å². The van der Waals surface area contributed by atoms with Crippen molar-refractivity contribution >= 4 is 28.8 Å². The van der Waals surface area contributed by atoms with Crippen molar-refractivity contribution in [2.75, 3.05) is 20.8 Å². The molecule has 37 heavy (non-hydrogen) atoms. The molecule has 0 spiro atoms. The largest absolute Gasteiger partial charge is 0.493 e. The zero-order valence-corrected chi connectivity index (χ0v) is 21.4. The molecule has 2 atom stereocenters. The van der Waals surface area contributed by atoms with Crippen molar-refractivity contribution in [1.29, 1.82) is 0 Å². The second-order valence-corrected chi connectivity index (χ2v) is 8.89. The van der Waals surface area contributed by atoms with E-state index in [1.807, 2.05) is 42.5 Å². The molecule has 194 valence electrons. The van der Waals surface area contributed by atoms with E-state index < -0.39 is 24.0 Å². The average molecular weight is 506 g/mol. The Morgan fingerprint density at radius 1 is 1.08 bits per heavy atom. The standard InChI is InChI=1S/C28H31N3O6/c1-5-29-28(34)31-26(32)16(2)37-27(33)24-19-8-6-7-9-21(19)30-25-18(11-12-20(24)25)14-17-10-13-22(35-3)23(15-17)36-4/h6-10,13,15-16,18H,5,11-12,14H2,1-4H3,(H2,29,31,32,34). The fourth-order valence-electron chi connectivity index (χ4n) is 4.73. The molecule has 0 saturated carbocycles. The summed E-state index contributed by atoms with van der Waals surface area (Å²) >= 11 is 0. The molecule has 2 unspecified atom stereocenters. The van der Waals surface area contributed by atoms with Crippen molar-refractivity contribution in [3.05, 3.63) is 64.8 Å². The predicted molar refractivity (Wildman–Crippen MR) is 138 cm³/mol. The Hall–Kier alpha value is -4.14. The minimum Gasteiger partial charge on any atom is -0.493 e. The summed E-state index contributed by atoms with van der Waals surface area (Å²) < 4.78 is 16.3. The lowest BCUT2D eigenvalue weighted by Gasteiger charge is -2.17. The summed E-state index contributed by atoms with van der Waals surface area (Å²) in [4.78, 5) is 42.4. The molecule has 0 fully saturated rings. The van der Waals surface area contributed by atoms with Gasteiger partial charge in [-0.2, -0.15) is 0 Å². The number of ether oxygens (including phenoxy) is 3. The molecule has 4 rings (SSSR count). The summed E-state index contributed by atoms with van der Waals surface area (Å²) in [5.41, 5.74) is 3.88. The van der Waals surface area contributed by atoms with E-state index in [9.17, 15) is 14.4 Å². The number of imide groups is 1. The normalized spacial score (nSPS) is 15.0. The summed E-state index contributed by atoms with van der Waals surface area (Å²) in [5.74, 6) is 0.120. The third-order valence-electron chi connectivity index (χ3n) is 6.52. The van der Waals surface area contributed by atoms with Gasteiger partial charge >= 0.3 is 12.0 Å². The molecule has 1 heterocycles. The van der Waals surface area contributed by atoms with Gasteiger partial charge in [0.1, 0.15) is 0 Å². The molecule has 2 N–H and O–H groups in total. The monoisotopic (exact) mass is 505 g/mol. The van der Waals surface area contributed by atoms with Crippen LogP contribution in [0.2, 0.25) is 0 Å². The Balaban J connectivity index is 1.63. The third-order valence-corrected chi connectivity index (χ3v) is 6.52. The zero-order valence-electron chi connectivity index (χ0n) is 21.4. The highest BCUT2D eigenvalue weighted by Gasteiger charge is 2.32. The summed E-state index contributed by atoms with van der Waals surface area (Å²) in [6.07, 6.45) is 1.05. The van der Waals surface area contributed by atoms with Crippen LogP contribution in [0.4, 0.5) is 4.79 Å². The van der Waals surface area contributed by atoms with Crippen LogP contribution in [-0.2, 0) is 22.4 Å². The van der Waals surface area contributed by atoms with Crippen LogP contribution in [0.3, 0.4) is 0 Å².